The van der Waals surface area contributed by atoms with E-state index in [1.807, 2.05) is 0 Å². The van der Waals surface area contributed by atoms with Gasteiger partial charge in [0.2, 0.25) is 0 Å². The maximum Gasteiger partial charge on any atom is 2.00 e. The van der Waals surface area contributed by atoms with Gasteiger partial charge in [0.15, 0.2) is 0 Å². The van der Waals surface area contributed by atoms with E-state index in [-0.39, 0.29) is 32.7 Å². The summed E-state index contributed by atoms with van der Waals surface area (Å²) in [7, 11) is 1.14. The molecule has 72 valence electrons. The Hall–Kier alpha value is -1.23. The fourth-order valence-corrected chi connectivity index (χ4v) is 0.574. The molecular weight excluding hydrogens is 243 g/mol. The third-order valence-corrected chi connectivity index (χ3v) is 1.08. The molecule has 14 heavy (non-hydrogen) atoms. The van der Waals surface area contributed by atoms with E-state index in [1.54, 1.807) is 0 Å². The van der Waals surface area contributed by atoms with Crippen LogP contribution in [0.5, 0.6) is 0 Å². The van der Waals surface area contributed by atoms with E-state index in [4.69, 9.17) is 0 Å². The summed E-state index contributed by atoms with van der Waals surface area (Å²) in [6.07, 6.45) is 0. The van der Waals surface area contributed by atoms with Crippen LogP contribution < -0.4 is 0 Å². The topological polar surface area (TPSA) is 82.6 Å². The van der Waals surface area contributed by atoms with E-state index in [1.165, 1.54) is 0 Å². The number of hydrogen-bond donors (Lipinski definition) is 0. The number of esters is 1. The van der Waals surface area contributed by atoms with Gasteiger partial charge in [0.25, 0.3) is 5.97 Å². The molecule has 0 aliphatic carbocycles. The van der Waals surface area contributed by atoms with Crippen LogP contribution >= 0.6 is 0 Å². The first-order valence-electron chi connectivity index (χ1n) is 2.89. The molecule has 0 atom stereocenters. The molecule has 0 aliphatic heterocycles. The van der Waals surface area contributed by atoms with Crippen LogP contribution in [0.1, 0.15) is 10.6 Å². The minimum absolute atomic E-state index is 0. The molecule has 0 radical (unpaired) electrons. The van der Waals surface area contributed by atoms with Crippen molar-refractivity contribution in [2.75, 3.05) is 7.11 Å². The van der Waals surface area contributed by atoms with Crippen LogP contribution in [0.3, 0.4) is 0 Å². The molecule has 6 nitrogen and oxygen atoms in total. The summed E-state index contributed by atoms with van der Waals surface area (Å²) in [6, 6.07) is 3.22. The Labute approximate surface area is 93.1 Å². The molecular formula is C7H7NO5Zn. The molecule has 0 N–H and O–H groups in total. The van der Waals surface area contributed by atoms with Gasteiger partial charge in [0, 0.05) is 4.92 Å². The second-order valence-corrected chi connectivity index (χ2v) is 1.81. The summed E-state index contributed by atoms with van der Waals surface area (Å²) in [5.41, 5.74) is 0. The van der Waals surface area contributed by atoms with Crippen LogP contribution in [0.15, 0.2) is 10.5 Å². The van der Waals surface area contributed by atoms with E-state index in [2.05, 4.69) is 15.2 Å². The minimum atomic E-state index is -0.789. The average molecular weight is 251 g/mol. The number of hydrogen-bond acceptors (Lipinski definition) is 5. The number of nitrogens with zero attached hydrogens (tertiary/aromatic N) is 1. The quantitative estimate of drug-likeness (QED) is 0.259. The molecule has 1 aromatic rings. The molecule has 0 spiro atoms. The number of carbonyl (C=O) groups excluding carboxylic acids is 1. The molecule has 0 unspecified atom stereocenters. The third-order valence-electron chi connectivity index (χ3n) is 1.08. The first-order valence-corrected chi connectivity index (χ1v) is 2.89. The van der Waals surface area contributed by atoms with Crippen molar-refractivity contribution >= 4 is 11.9 Å². The zero-order valence-corrected chi connectivity index (χ0v) is 10.7. The fourth-order valence-electron chi connectivity index (χ4n) is 0.574. The van der Waals surface area contributed by atoms with Gasteiger partial charge in [-0.3, -0.25) is 10.1 Å². The Bertz CT molecular complexity index is 322. The Morgan fingerprint density at radius 2 is 2.29 bits per heavy atom. The third kappa shape index (κ3) is 3.26. The number of rotatable bonds is 2. The van der Waals surface area contributed by atoms with Crippen molar-refractivity contribution in [2.24, 2.45) is 0 Å². The number of carbonyl (C=O) groups is 1. The monoisotopic (exact) mass is 249 g/mol. The minimum Gasteiger partial charge on any atom is -0.520 e. The maximum absolute atomic E-state index is 10.7. The van der Waals surface area contributed by atoms with E-state index in [9.17, 15) is 14.9 Å². The van der Waals surface area contributed by atoms with Crippen molar-refractivity contribution in [1.29, 1.82) is 0 Å². The Morgan fingerprint density at radius 1 is 1.71 bits per heavy atom. The van der Waals surface area contributed by atoms with Crippen LogP contribution in [0.2, 0.25) is 0 Å². The molecule has 0 fully saturated rings. The van der Waals surface area contributed by atoms with Crippen LogP contribution in [0.25, 0.3) is 0 Å². The number of methoxy groups -OCH3 is 1. The van der Waals surface area contributed by atoms with Crippen LogP contribution in [0.4, 0.5) is 5.88 Å². The second kappa shape index (κ2) is 6.26. The molecule has 0 amide bonds. The van der Waals surface area contributed by atoms with Gasteiger partial charge in [-0.25, -0.2) is 0 Å². The first-order chi connectivity index (χ1) is 5.65. The zero-order valence-electron chi connectivity index (χ0n) is 7.77. The van der Waals surface area contributed by atoms with Gasteiger partial charge in [0.05, 0.1) is 12.9 Å². The predicted molar refractivity (Wildman–Crippen MR) is 42.0 cm³/mol. The average Bonchev–Trinajstić information content (AvgIpc) is 2.51. The van der Waals surface area contributed by atoms with Crippen LogP contribution in [-0.4, -0.2) is 18.0 Å². The number of furan rings is 1. The maximum atomic E-state index is 10.7. The van der Waals surface area contributed by atoms with Crippen molar-refractivity contribution in [3.05, 3.63) is 35.4 Å². The number of nitro groups is 1. The molecule has 0 saturated heterocycles. The van der Waals surface area contributed by atoms with Gasteiger partial charge < -0.3 is 21.4 Å². The fraction of sp³-hybridized carbons (Fsp3) is 0.143. The number of ether oxygens (including phenoxy) is 1. The molecule has 0 aliphatic rings. The second-order valence-electron chi connectivity index (χ2n) is 1.81. The van der Waals surface area contributed by atoms with E-state index >= 15 is 0 Å². The van der Waals surface area contributed by atoms with Gasteiger partial charge in [0.1, 0.15) is 0 Å². The summed E-state index contributed by atoms with van der Waals surface area (Å²) in [4.78, 5) is 20.0. The molecule has 0 bridgehead atoms. The SMILES string of the molecule is COC(=O)c1[c-]cc([N+](=O)[O-])o1.[CH3-].[Zn+2]. The first kappa shape index (κ1) is 15.3. The van der Waals surface area contributed by atoms with Gasteiger partial charge in [-0.1, -0.05) is 6.07 Å². The van der Waals surface area contributed by atoms with Gasteiger partial charge in [-0.2, -0.15) is 0 Å². The summed E-state index contributed by atoms with van der Waals surface area (Å²) >= 11 is 0. The van der Waals surface area contributed by atoms with Gasteiger partial charge in [-0.05, 0) is 0 Å². The van der Waals surface area contributed by atoms with Gasteiger partial charge >= 0.3 is 25.4 Å². The standard InChI is InChI=1S/C6H4NO5.CH3.Zn/c1-11-6(8)4-2-3-5(12-4)7(9)10;;/h3H,1H3;1H3;/q2*-1;+2. The Balaban J connectivity index is 0. The molecule has 7 heteroatoms. The molecule has 1 heterocycles. The Kier molecular flexibility index (Phi) is 6.82. The molecule has 0 saturated carbocycles. The predicted octanol–water partition coefficient (Wildman–Crippen LogP) is 1.22. The zero-order chi connectivity index (χ0) is 9.14. The summed E-state index contributed by atoms with van der Waals surface area (Å²) < 4.78 is 8.71. The normalized spacial score (nSPS) is 8.07. The molecule has 1 aromatic heterocycles. The summed E-state index contributed by atoms with van der Waals surface area (Å²) in [6.45, 7) is 0. The largest absolute Gasteiger partial charge is 2.00 e. The molecule has 0 aromatic carbocycles. The molecule has 1 rings (SSSR count). The van der Waals surface area contributed by atoms with Crippen LogP contribution in [0, 0.1) is 23.6 Å². The smallest absolute Gasteiger partial charge is 0.520 e. The van der Waals surface area contributed by atoms with E-state index < -0.39 is 16.8 Å². The van der Waals surface area contributed by atoms with Gasteiger partial charge in [-0.15, -0.1) is 6.07 Å². The van der Waals surface area contributed by atoms with Crippen LogP contribution in [-0.2, 0) is 24.2 Å². The summed E-state index contributed by atoms with van der Waals surface area (Å²) in [5, 5.41) is 10.1. The van der Waals surface area contributed by atoms with Crippen molar-refractivity contribution in [2.45, 2.75) is 0 Å². The van der Waals surface area contributed by atoms with E-state index in [0.29, 0.717) is 0 Å². The van der Waals surface area contributed by atoms with Crippen molar-refractivity contribution < 1.29 is 38.3 Å². The van der Waals surface area contributed by atoms with Crippen molar-refractivity contribution in [1.82, 2.24) is 0 Å². The van der Waals surface area contributed by atoms with Crippen molar-refractivity contribution in [3.8, 4) is 0 Å². The van der Waals surface area contributed by atoms with Crippen molar-refractivity contribution in [3.63, 3.8) is 0 Å². The Morgan fingerprint density at radius 3 is 2.64 bits per heavy atom. The summed E-state index contributed by atoms with van der Waals surface area (Å²) in [5.74, 6) is -1.62. The van der Waals surface area contributed by atoms with E-state index in [0.717, 1.165) is 13.2 Å².